The van der Waals surface area contributed by atoms with E-state index in [1.165, 1.54) is 6.26 Å². The highest BCUT2D eigenvalue weighted by molar-refractivity contribution is 7.90. The smallest absolute Gasteiger partial charge is 0.177 e. The number of aliphatic hydroxyl groups excluding tert-OH is 1. The third-order valence-electron chi connectivity index (χ3n) is 5.01. The van der Waals surface area contributed by atoms with Gasteiger partial charge in [0.25, 0.3) is 0 Å². The molecular weight excluding hydrogens is 364 g/mol. The van der Waals surface area contributed by atoms with Gasteiger partial charge < -0.3 is 9.84 Å². The van der Waals surface area contributed by atoms with Gasteiger partial charge in [-0.2, -0.15) is 0 Å². The Hall–Kier alpha value is -1.96. The van der Waals surface area contributed by atoms with Crippen molar-refractivity contribution in [3.05, 3.63) is 53.3 Å². The maximum Gasteiger partial charge on any atom is 0.177 e. The number of aromatic nitrogens is 1. The van der Waals surface area contributed by atoms with Gasteiger partial charge in [-0.25, -0.2) is 8.42 Å². The number of hydrogen-bond donors (Lipinski definition) is 1. The largest absolute Gasteiger partial charge is 0.496 e. The first-order valence-electron chi connectivity index (χ1n) is 9.06. The molecule has 1 aromatic carbocycles. The minimum atomic E-state index is -3.30. The van der Waals surface area contributed by atoms with E-state index in [1.54, 1.807) is 25.4 Å². The predicted molar refractivity (Wildman–Crippen MR) is 104 cm³/mol. The van der Waals surface area contributed by atoms with E-state index in [9.17, 15) is 13.5 Å². The van der Waals surface area contributed by atoms with E-state index < -0.39 is 9.84 Å². The number of methoxy groups -OCH3 is 1. The Labute approximate surface area is 160 Å². The lowest BCUT2D eigenvalue weighted by atomic mass is 9.93. The van der Waals surface area contributed by atoms with Crippen molar-refractivity contribution in [2.24, 2.45) is 0 Å². The Kier molecular flexibility index (Phi) is 6.14. The average Bonchev–Trinajstić information content (AvgIpc) is 2.67. The Morgan fingerprint density at radius 1 is 1.33 bits per heavy atom. The molecule has 2 heterocycles. The maximum atomic E-state index is 12.1. The first-order valence-corrected chi connectivity index (χ1v) is 11.0. The number of pyridine rings is 1. The third kappa shape index (κ3) is 4.66. The Bertz CT molecular complexity index is 899. The van der Waals surface area contributed by atoms with Gasteiger partial charge in [0.15, 0.2) is 9.84 Å². The molecule has 1 aliphatic heterocycles. The van der Waals surface area contributed by atoms with Crippen LogP contribution in [0.1, 0.15) is 35.6 Å². The highest BCUT2D eigenvalue weighted by atomic mass is 32.2. The molecule has 27 heavy (non-hydrogen) atoms. The summed E-state index contributed by atoms with van der Waals surface area (Å²) in [6.07, 6.45) is 4.83. The Morgan fingerprint density at radius 2 is 2.15 bits per heavy atom. The molecule has 1 atom stereocenters. The van der Waals surface area contributed by atoms with Crippen molar-refractivity contribution in [2.75, 3.05) is 26.5 Å². The first kappa shape index (κ1) is 19.8. The summed E-state index contributed by atoms with van der Waals surface area (Å²) >= 11 is 0. The fraction of sp³-hybridized carbons (Fsp3) is 0.450. The van der Waals surface area contributed by atoms with Crippen LogP contribution >= 0.6 is 0 Å². The zero-order chi connectivity index (χ0) is 19.4. The van der Waals surface area contributed by atoms with Crippen LogP contribution in [0.4, 0.5) is 0 Å². The van der Waals surface area contributed by atoms with Gasteiger partial charge in [-0.15, -0.1) is 0 Å². The molecule has 1 saturated heterocycles. The predicted octanol–water partition coefficient (Wildman–Crippen LogP) is 2.37. The van der Waals surface area contributed by atoms with Crippen LogP contribution in [0.25, 0.3) is 0 Å². The second-order valence-corrected chi connectivity index (χ2v) is 9.02. The van der Waals surface area contributed by atoms with Gasteiger partial charge in [-0.1, -0.05) is 6.07 Å². The Morgan fingerprint density at radius 3 is 2.85 bits per heavy atom. The van der Waals surface area contributed by atoms with Gasteiger partial charge in [-0.3, -0.25) is 9.88 Å². The van der Waals surface area contributed by atoms with Crippen molar-refractivity contribution in [1.82, 2.24) is 9.88 Å². The quantitative estimate of drug-likeness (QED) is 0.816. The molecule has 0 spiro atoms. The zero-order valence-corrected chi connectivity index (χ0v) is 16.6. The van der Waals surface area contributed by atoms with Crippen molar-refractivity contribution < 1.29 is 18.3 Å². The summed E-state index contributed by atoms with van der Waals surface area (Å²) in [7, 11) is -1.71. The molecule has 0 bridgehead atoms. The molecule has 1 unspecified atom stereocenters. The van der Waals surface area contributed by atoms with Crippen molar-refractivity contribution in [3.8, 4) is 5.75 Å². The van der Waals surface area contributed by atoms with E-state index >= 15 is 0 Å². The molecule has 1 aromatic heterocycles. The molecule has 3 rings (SSSR count). The van der Waals surface area contributed by atoms with E-state index in [-0.39, 0.29) is 12.5 Å². The highest BCUT2D eigenvalue weighted by Gasteiger charge is 2.27. The maximum absolute atomic E-state index is 12.1. The van der Waals surface area contributed by atoms with Gasteiger partial charge in [0.1, 0.15) is 5.75 Å². The van der Waals surface area contributed by atoms with Crippen LogP contribution in [-0.4, -0.2) is 49.9 Å². The fourth-order valence-corrected chi connectivity index (χ4v) is 4.68. The van der Waals surface area contributed by atoms with Crippen molar-refractivity contribution in [3.63, 3.8) is 0 Å². The zero-order valence-electron chi connectivity index (χ0n) is 15.8. The fourth-order valence-electron chi connectivity index (χ4n) is 3.76. The summed E-state index contributed by atoms with van der Waals surface area (Å²) in [6, 6.07) is 9.17. The number of aliphatic hydroxyl groups is 1. The molecule has 0 saturated carbocycles. The SMILES string of the molecule is COc1ccc(CN2CCCC(c3ncccc3S(C)(=O)=O)C2)cc1CO. The molecule has 1 aliphatic rings. The lowest BCUT2D eigenvalue weighted by molar-refractivity contribution is 0.197. The van der Waals surface area contributed by atoms with Crippen LogP contribution in [0.15, 0.2) is 41.4 Å². The van der Waals surface area contributed by atoms with E-state index in [4.69, 9.17) is 4.74 Å². The molecular formula is C20H26N2O4S. The van der Waals surface area contributed by atoms with Gasteiger partial charge in [-0.05, 0) is 49.2 Å². The highest BCUT2D eigenvalue weighted by Crippen LogP contribution is 2.31. The number of benzene rings is 1. The van der Waals surface area contributed by atoms with Crippen LogP contribution in [0.5, 0.6) is 5.75 Å². The van der Waals surface area contributed by atoms with Crippen LogP contribution in [0.3, 0.4) is 0 Å². The van der Waals surface area contributed by atoms with E-state index in [2.05, 4.69) is 9.88 Å². The second kappa shape index (κ2) is 8.37. The van der Waals surface area contributed by atoms with E-state index in [0.717, 1.165) is 43.6 Å². The van der Waals surface area contributed by atoms with Gasteiger partial charge in [0.2, 0.25) is 0 Å². The van der Waals surface area contributed by atoms with Gasteiger partial charge >= 0.3 is 0 Å². The summed E-state index contributed by atoms with van der Waals surface area (Å²) in [4.78, 5) is 7.06. The number of rotatable bonds is 6. The minimum Gasteiger partial charge on any atom is -0.496 e. The van der Waals surface area contributed by atoms with E-state index in [1.807, 2.05) is 18.2 Å². The van der Waals surface area contributed by atoms with Crippen molar-refractivity contribution in [2.45, 2.75) is 36.8 Å². The average molecular weight is 391 g/mol. The number of ether oxygens (including phenoxy) is 1. The number of piperidine rings is 1. The van der Waals surface area contributed by atoms with Gasteiger partial charge in [0, 0.05) is 37.0 Å². The molecule has 0 radical (unpaired) electrons. The van der Waals surface area contributed by atoms with Crippen molar-refractivity contribution >= 4 is 9.84 Å². The second-order valence-electron chi connectivity index (χ2n) is 7.04. The van der Waals surface area contributed by atoms with Crippen LogP contribution < -0.4 is 4.74 Å². The lowest BCUT2D eigenvalue weighted by Gasteiger charge is -2.33. The Balaban J connectivity index is 1.78. The van der Waals surface area contributed by atoms with Crippen LogP contribution in [0.2, 0.25) is 0 Å². The summed E-state index contributed by atoms with van der Waals surface area (Å²) in [5.41, 5.74) is 2.55. The first-order chi connectivity index (χ1) is 12.9. The standard InChI is InChI=1S/C20H26N2O4S/c1-26-18-8-7-15(11-17(18)14-23)12-22-10-4-5-16(13-22)20-19(27(2,24)25)6-3-9-21-20/h3,6-9,11,16,23H,4-5,10,12-14H2,1-2H3. The molecule has 0 amide bonds. The molecule has 1 N–H and O–H groups in total. The molecule has 6 nitrogen and oxygen atoms in total. The monoisotopic (exact) mass is 390 g/mol. The summed E-state index contributed by atoms with van der Waals surface area (Å²) < 4.78 is 29.5. The molecule has 0 aliphatic carbocycles. The number of nitrogens with zero attached hydrogens (tertiary/aromatic N) is 2. The number of hydrogen-bond acceptors (Lipinski definition) is 6. The molecule has 2 aromatic rings. The van der Waals surface area contributed by atoms with E-state index in [0.29, 0.717) is 16.3 Å². The van der Waals surface area contributed by atoms with Crippen molar-refractivity contribution in [1.29, 1.82) is 0 Å². The van der Waals surface area contributed by atoms with Gasteiger partial charge in [0.05, 0.1) is 24.3 Å². The number of sulfone groups is 1. The topological polar surface area (TPSA) is 79.7 Å². The minimum absolute atomic E-state index is 0.0642. The summed E-state index contributed by atoms with van der Waals surface area (Å²) in [6.45, 7) is 2.40. The molecule has 146 valence electrons. The summed E-state index contributed by atoms with van der Waals surface area (Å²) in [5.74, 6) is 0.782. The molecule has 1 fully saturated rings. The summed E-state index contributed by atoms with van der Waals surface area (Å²) in [5, 5.41) is 9.52. The number of likely N-dealkylation sites (tertiary alicyclic amines) is 1. The normalized spacial score (nSPS) is 18.4. The molecule has 7 heteroatoms. The van der Waals surface area contributed by atoms with Crippen LogP contribution in [0, 0.1) is 0 Å². The third-order valence-corrected chi connectivity index (χ3v) is 6.16. The lowest BCUT2D eigenvalue weighted by Crippen LogP contribution is -2.34. The van der Waals surface area contributed by atoms with Crippen LogP contribution in [-0.2, 0) is 23.0 Å².